The van der Waals surface area contributed by atoms with Gasteiger partial charge in [0.05, 0.1) is 17.2 Å². The summed E-state index contributed by atoms with van der Waals surface area (Å²) in [7, 11) is 0. The largest absolute Gasteiger partial charge is 0.375 e. The van der Waals surface area contributed by atoms with Crippen LogP contribution in [0.4, 0.5) is 0 Å². The molecule has 0 spiro atoms. The van der Waals surface area contributed by atoms with Crippen molar-refractivity contribution in [3.05, 3.63) is 15.9 Å². The third-order valence-corrected chi connectivity index (χ3v) is 3.93. The number of nitrogens with one attached hydrogen (secondary N) is 1. The van der Waals surface area contributed by atoms with E-state index < -0.39 is 0 Å². The van der Waals surface area contributed by atoms with Gasteiger partial charge in [-0.15, -0.1) is 0 Å². The number of rotatable bonds is 2. The second-order valence-corrected chi connectivity index (χ2v) is 4.96. The monoisotopic (exact) mass is 301 g/mol. The van der Waals surface area contributed by atoms with Crippen LogP contribution in [-0.4, -0.2) is 46.8 Å². The first kappa shape index (κ1) is 12.6. The van der Waals surface area contributed by atoms with Crippen LogP contribution in [0.3, 0.4) is 0 Å². The van der Waals surface area contributed by atoms with Gasteiger partial charge in [-0.1, -0.05) is 6.92 Å². The number of carbonyl (C=O) groups excluding carboxylic acids is 1. The second-order valence-electron chi connectivity index (χ2n) is 4.16. The van der Waals surface area contributed by atoms with E-state index in [-0.39, 0.29) is 12.0 Å². The number of carbonyl (C=O) groups is 1. The van der Waals surface area contributed by atoms with Crippen molar-refractivity contribution in [3.63, 3.8) is 0 Å². The average molecular weight is 302 g/mol. The number of H-pyrrole nitrogens is 1. The van der Waals surface area contributed by atoms with E-state index in [0.717, 1.165) is 16.6 Å². The standard InChI is InChI=1S/C11H16BrN3O2/c1-3-8-6-15(4-5-17-8)11(16)10-9(12)7(2)13-14-10/h8H,3-6H2,1-2H3,(H,13,14)/t8-/m0/s1. The van der Waals surface area contributed by atoms with E-state index in [0.29, 0.717) is 25.4 Å². The normalized spacial score (nSPS) is 20.6. The van der Waals surface area contributed by atoms with Crippen molar-refractivity contribution in [1.29, 1.82) is 0 Å². The van der Waals surface area contributed by atoms with Gasteiger partial charge in [-0.25, -0.2) is 0 Å². The van der Waals surface area contributed by atoms with Gasteiger partial charge >= 0.3 is 0 Å². The first-order valence-corrected chi connectivity index (χ1v) is 6.54. The molecule has 1 aromatic heterocycles. The lowest BCUT2D eigenvalue weighted by molar-refractivity contribution is -0.0228. The highest BCUT2D eigenvalue weighted by Crippen LogP contribution is 2.21. The Hall–Kier alpha value is -0.880. The molecule has 2 rings (SSSR count). The van der Waals surface area contributed by atoms with Crippen LogP contribution in [0, 0.1) is 6.92 Å². The third-order valence-electron chi connectivity index (χ3n) is 2.96. The Bertz CT molecular complexity index is 419. The molecule has 0 bridgehead atoms. The van der Waals surface area contributed by atoms with Crippen LogP contribution in [0.15, 0.2) is 4.47 Å². The fraction of sp³-hybridized carbons (Fsp3) is 0.636. The number of amides is 1. The van der Waals surface area contributed by atoms with Gasteiger partial charge in [0.1, 0.15) is 0 Å². The van der Waals surface area contributed by atoms with Gasteiger partial charge in [0.2, 0.25) is 0 Å². The van der Waals surface area contributed by atoms with Crippen LogP contribution in [0.2, 0.25) is 0 Å². The van der Waals surface area contributed by atoms with E-state index in [1.807, 2.05) is 6.92 Å². The molecule has 0 unspecified atom stereocenters. The third kappa shape index (κ3) is 2.52. The molecule has 0 saturated carbocycles. The number of ether oxygens (including phenoxy) is 1. The molecule has 94 valence electrons. The first-order chi connectivity index (χ1) is 8.13. The molecule has 1 atom stereocenters. The minimum absolute atomic E-state index is 0.0389. The summed E-state index contributed by atoms with van der Waals surface area (Å²) in [6, 6.07) is 0. The topological polar surface area (TPSA) is 58.2 Å². The van der Waals surface area contributed by atoms with Crippen molar-refractivity contribution in [3.8, 4) is 0 Å². The lowest BCUT2D eigenvalue weighted by Crippen LogP contribution is -2.45. The molecule has 1 aliphatic rings. The number of hydrogen-bond acceptors (Lipinski definition) is 3. The zero-order valence-corrected chi connectivity index (χ0v) is 11.6. The summed E-state index contributed by atoms with van der Waals surface area (Å²) in [5.41, 5.74) is 1.33. The first-order valence-electron chi connectivity index (χ1n) is 5.74. The molecular formula is C11H16BrN3O2. The van der Waals surface area contributed by atoms with Gasteiger partial charge in [0.25, 0.3) is 5.91 Å². The summed E-state index contributed by atoms with van der Waals surface area (Å²) < 4.78 is 6.30. The van der Waals surface area contributed by atoms with Crippen LogP contribution in [-0.2, 0) is 4.74 Å². The summed E-state index contributed by atoms with van der Waals surface area (Å²) >= 11 is 3.38. The fourth-order valence-electron chi connectivity index (χ4n) is 1.86. The molecule has 0 aliphatic carbocycles. The highest BCUT2D eigenvalue weighted by molar-refractivity contribution is 9.10. The Labute approximate surface area is 109 Å². The summed E-state index contributed by atoms with van der Waals surface area (Å²) in [4.78, 5) is 14.1. The lowest BCUT2D eigenvalue weighted by atomic mass is 10.2. The Morgan fingerprint density at radius 2 is 2.47 bits per heavy atom. The highest BCUT2D eigenvalue weighted by Gasteiger charge is 2.27. The predicted octanol–water partition coefficient (Wildman–Crippen LogP) is 1.73. The SMILES string of the molecule is CC[C@H]1CN(C(=O)c2n[nH]c(C)c2Br)CCO1. The fourth-order valence-corrected chi connectivity index (χ4v) is 2.20. The van der Waals surface area contributed by atoms with Crippen molar-refractivity contribution in [2.45, 2.75) is 26.4 Å². The predicted molar refractivity (Wildman–Crippen MR) is 67.0 cm³/mol. The number of hydrogen-bond donors (Lipinski definition) is 1. The van der Waals surface area contributed by atoms with E-state index in [9.17, 15) is 4.79 Å². The summed E-state index contributed by atoms with van der Waals surface area (Å²) in [6.07, 6.45) is 1.07. The van der Waals surface area contributed by atoms with Crippen LogP contribution in [0.25, 0.3) is 0 Å². The number of nitrogens with zero attached hydrogens (tertiary/aromatic N) is 2. The number of aryl methyl sites for hydroxylation is 1. The Morgan fingerprint density at radius 1 is 1.71 bits per heavy atom. The van der Waals surface area contributed by atoms with Crippen LogP contribution >= 0.6 is 15.9 Å². The van der Waals surface area contributed by atoms with Crippen LogP contribution in [0.1, 0.15) is 29.5 Å². The number of morpholine rings is 1. The zero-order chi connectivity index (χ0) is 12.4. The van der Waals surface area contributed by atoms with E-state index in [4.69, 9.17) is 4.74 Å². The van der Waals surface area contributed by atoms with E-state index in [2.05, 4.69) is 33.1 Å². The summed E-state index contributed by atoms with van der Waals surface area (Å²) in [5, 5.41) is 6.84. The zero-order valence-electron chi connectivity index (χ0n) is 9.99. The molecule has 2 heterocycles. The van der Waals surface area contributed by atoms with Gasteiger partial charge in [-0.05, 0) is 29.3 Å². The highest BCUT2D eigenvalue weighted by atomic mass is 79.9. The number of aromatic nitrogens is 2. The minimum Gasteiger partial charge on any atom is -0.375 e. The average Bonchev–Trinajstić information content (AvgIpc) is 2.69. The van der Waals surface area contributed by atoms with Gasteiger partial charge in [0.15, 0.2) is 5.69 Å². The molecule has 5 nitrogen and oxygen atoms in total. The molecule has 6 heteroatoms. The van der Waals surface area contributed by atoms with Crippen molar-refractivity contribution in [2.75, 3.05) is 19.7 Å². The smallest absolute Gasteiger partial charge is 0.275 e. The summed E-state index contributed by atoms with van der Waals surface area (Å²) in [6.45, 7) is 5.82. The van der Waals surface area contributed by atoms with Crippen molar-refractivity contribution in [1.82, 2.24) is 15.1 Å². The van der Waals surface area contributed by atoms with Gasteiger partial charge in [-0.2, -0.15) is 5.10 Å². The maximum absolute atomic E-state index is 12.3. The maximum atomic E-state index is 12.3. The van der Waals surface area contributed by atoms with Crippen LogP contribution in [0.5, 0.6) is 0 Å². The van der Waals surface area contributed by atoms with Crippen molar-refractivity contribution in [2.24, 2.45) is 0 Å². The minimum atomic E-state index is -0.0389. The molecule has 1 fully saturated rings. The molecule has 1 amide bonds. The van der Waals surface area contributed by atoms with Gasteiger partial charge < -0.3 is 9.64 Å². The molecular weight excluding hydrogens is 286 g/mol. The molecule has 1 aliphatic heterocycles. The molecule has 1 saturated heterocycles. The molecule has 17 heavy (non-hydrogen) atoms. The van der Waals surface area contributed by atoms with Gasteiger partial charge in [-0.3, -0.25) is 9.89 Å². The molecule has 0 aromatic carbocycles. The van der Waals surface area contributed by atoms with Crippen LogP contribution < -0.4 is 0 Å². The quantitative estimate of drug-likeness (QED) is 0.905. The molecule has 1 N–H and O–H groups in total. The Kier molecular flexibility index (Phi) is 3.83. The molecule has 0 radical (unpaired) electrons. The maximum Gasteiger partial charge on any atom is 0.275 e. The van der Waals surface area contributed by atoms with Crippen molar-refractivity contribution < 1.29 is 9.53 Å². The number of halogens is 1. The van der Waals surface area contributed by atoms with Crippen molar-refractivity contribution >= 4 is 21.8 Å². The Balaban J connectivity index is 2.12. The van der Waals surface area contributed by atoms with E-state index in [1.165, 1.54) is 0 Å². The van der Waals surface area contributed by atoms with E-state index >= 15 is 0 Å². The summed E-state index contributed by atoms with van der Waals surface area (Å²) in [5.74, 6) is -0.0389. The Morgan fingerprint density at radius 3 is 3.06 bits per heavy atom. The lowest BCUT2D eigenvalue weighted by Gasteiger charge is -2.32. The van der Waals surface area contributed by atoms with Gasteiger partial charge in [0, 0.05) is 18.8 Å². The van der Waals surface area contributed by atoms with E-state index in [1.54, 1.807) is 4.90 Å². The molecule has 1 aromatic rings. The number of aromatic amines is 1. The second kappa shape index (κ2) is 5.18.